The van der Waals surface area contributed by atoms with Crippen molar-refractivity contribution in [3.05, 3.63) is 35.9 Å². The zero-order chi connectivity index (χ0) is 21.6. The second-order valence-corrected chi connectivity index (χ2v) is 8.05. The van der Waals surface area contributed by atoms with Crippen molar-refractivity contribution >= 4 is 17.8 Å². The predicted molar refractivity (Wildman–Crippen MR) is 109 cm³/mol. The van der Waals surface area contributed by atoms with E-state index in [4.69, 9.17) is 4.74 Å². The molecule has 0 spiro atoms. The van der Waals surface area contributed by atoms with Gasteiger partial charge in [-0.25, -0.2) is 4.79 Å². The summed E-state index contributed by atoms with van der Waals surface area (Å²) in [6.07, 6.45) is 0.522. The first-order valence-electron chi connectivity index (χ1n) is 10.2. The molecule has 1 N–H and O–H groups in total. The molecule has 0 aromatic heterocycles. The maximum atomic E-state index is 13.1. The molecule has 1 saturated heterocycles. The van der Waals surface area contributed by atoms with E-state index >= 15 is 0 Å². The lowest BCUT2D eigenvalue weighted by Crippen LogP contribution is -2.53. The Morgan fingerprint density at radius 2 is 1.86 bits per heavy atom. The van der Waals surface area contributed by atoms with E-state index in [-0.39, 0.29) is 18.4 Å². The van der Waals surface area contributed by atoms with E-state index in [9.17, 15) is 19.5 Å². The topological polar surface area (TPSA) is 87.2 Å². The predicted octanol–water partition coefficient (Wildman–Crippen LogP) is 1.97. The lowest BCUT2D eigenvalue weighted by atomic mass is 10.0. The summed E-state index contributed by atoms with van der Waals surface area (Å²) < 4.78 is 5.48. The van der Waals surface area contributed by atoms with Gasteiger partial charge in [-0.15, -0.1) is 0 Å². The molecule has 160 valence electrons. The number of amides is 2. The number of ether oxygens (including phenoxy) is 1. The number of hydrogen-bond donors (Lipinski definition) is 1. The first-order valence-corrected chi connectivity index (χ1v) is 10.2. The number of aliphatic hydroxyl groups is 1. The average molecular weight is 405 g/mol. The van der Waals surface area contributed by atoms with E-state index in [2.05, 4.69) is 0 Å². The summed E-state index contributed by atoms with van der Waals surface area (Å²) in [6.45, 7) is 5.94. The molecule has 7 nitrogen and oxygen atoms in total. The number of likely N-dealkylation sites (tertiary alicyclic amines) is 1. The van der Waals surface area contributed by atoms with Crippen LogP contribution >= 0.6 is 0 Å². The molecule has 2 rings (SSSR count). The zero-order valence-electron chi connectivity index (χ0n) is 17.7. The molecule has 1 heterocycles. The number of hydrogen-bond acceptors (Lipinski definition) is 5. The maximum Gasteiger partial charge on any atom is 0.329 e. The van der Waals surface area contributed by atoms with Gasteiger partial charge in [-0.1, -0.05) is 44.2 Å². The van der Waals surface area contributed by atoms with Crippen LogP contribution in [0.25, 0.3) is 0 Å². The maximum absolute atomic E-state index is 13.1. The summed E-state index contributed by atoms with van der Waals surface area (Å²) >= 11 is 0. The summed E-state index contributed by atoms with van der Waals surface area (Å²) in [5.74, 6) is -1.02. The van der Waals surface area contributed by atoms with Crippen LogP contribution in [0.15, 0.2) is 30.3 Å². The first-order chi connectivity index (χ1) is 13.7. The largest absolute Gasteiger partial charge is 0.459 e. The molecular formula is C22H32N2O5. The van der Waals surface area contributed by atoms with Crippen LogP contribution < -0.4 is 0 Å². The lowest BCUT2D eigenvalue weighted by molar-refractivity contribution is -0.158. The van der Waals surface area contributed by atoms with Crippen molar-refractivity contribution in [3.63, 3.8) is 0 Å². The van der Waals surface area contributed by atoms with Crippen LogP contribution in [0.1, 0.15) is 45.6 Å². The van der Waals surface area contributed by atoms with Gasteiger partial charge in [0.1, 0.15) is 24.8 Å². The Hall–Kier alpha value is -2.41. The van der Waals surface area contributed by atoms with Crippen LogP contribution in [0.4, 0.5) is 0 Å². The Morgan fingerprint density at radius 3 is 2.45 bits per heavy atom. The summed E-state index contributed by atoms with van der Waals surface area (Å²) in [7, 11) is 1.59. The molecule has 1 fully saturated rings. The van der Waals surface area contributed by atoms with Gasteiger partial charge in [-0.2, -0.15) is 0 Å². The summed E-state index contributed by atoms with van der Waals surface area (Å²) in [6, 6.07) is 8.00. The third-order valence-corrected chi connectivity index (χ3v) is 5.18. The molecule has 7 heteroatoms. The highest BCUT2D eigenvalue weighted by Crippen LogP contribution is 2.23. The molecular weight excluding hydrogens is 372 g/mol. The van der Waals surface area contributed by atoms with Crippen molar-refractivity contribution in [1.29, 1.82) is 0 Å². The van der Waals surface area contributed by atoms with Crippen LogP contribution in [0.2, 0.25) is 0 Å². The highest BCUT2D eigenvalue weighted by molar-refractivity contribution is 5.92. The molecule has 0 radical (unpaired) electrons. The Balaban J connectivity index is 2.10. The second kappa shape index (κ2) is 10.4. The minimum absolute atomic E-state index is 0.145. The molecule has 29 heavy (non-hydrogen) atoms. The fraction of sp³-hybridized carbons (Fsp3) is 0.591. The average Bonchev–Trinajstić information content (AvgIpc) is 3.18. The third-order valence-electron chi connectivity index (χ3n) is 5.18. The normalized spacial score (nSPS) is 18.4. The van der Waals surface area contributed by atoms with Gasteiger partial charge in [0, 0.05) is 13.6 Å². The van der Waals surface area contributed by atoms with Crippen molar-refractivity contribution in [2.24, 2.45) is 5.92 Å². The SMILES string of the molecule is CC(C)C[C@H](C(=O)OCc1ccccc1)N(C)C(=O)[C@@H]1CCCN1C(=O)[C@H](C)O. The third kappa shape index (κ3) is 6.03. The van der Waals surface area contributed by atoms with Gasteiger partial charge in [0.2, 0.25) is 5.91 Å². The molecule has 0 saturated carbocycles. The molecule has 1 aliphatic heterocycles. The van der Waals surface area contributed by atoms with Gasteiger partial charge in [0.25, 0.3) is 5.91 Å². The Morgan fingerprint density at radius 1 is 1.21 bits per heavy atom. The molecule has 0 unspecified atom stereocenters. The van der Waals surface area contributed by atoms with Crippen molar-refractivity contribution in [2.45, 2.75) is 64.8 Å². The van der Waals surface area contributed by atoms with E-state index in [1.807, 2.05) is 44.2 Å². The number of aliphatic hydroxyl groups excluding tert-OH is 1. The summed E-state index contributed by atoms with van der Waals surface area (Å²) in [5.41, 5.74) is 0.877. The standard InChI is InChI=1S/C22H32N2O5/c1-15(2)13-19(22(28)29-14-17-9-6-5-7-10-17)23(4)21(27)18-11-8-12-24(18)20(26)16(3)25/h5-7,9-10,15-16,18-19,25H,8,11-14H2,1-4H3/t16-,18-,19+/m0/s1. The minimum Gasteiger partial charge on any atom is -0.459 e. The fourth-order valence-corrected chi connectivity index (χ4v) is 3.60. The van der Waals surface area contributed by atoms with Crippen molar-refractivity contribution in [2.75, 3.05) is 13.6 Å². The van der Waals surface area contributed by atoms with Gasteiger partial charge >= 0.3 is 5.97 Å². The number of esters is 1. The van der Waals surface area contributed by atoms with Crippen molar-refractivity contribution < 1.29 is 24.2 Å². The quantitative estimate of drug-likeness (QED) is 0.670. The van der Waals surface area contributed by atoms with Gasteiger partial charge in [0.05, 0.1) is 0 Å². The molecule has 0 bridgehead atoms. The van der Waals surface area contributed by atoms with E-state index in [1.165, 1.54) is 16.7 Å². The molecule has 0 aliphatic carbocycles. The van der Waals surface area contributed by atoms with Gasteiger partial charge in [-0.3, -0.25) is 9.59 Å². The first kappa shape index (κ1) is 22.9. The van der Waals surface area contributed by atoms with Crippen LogP contribution in [0.3, 0.4) is 0 Å². The number of benzene rings is 1. The summed E-state index contributed by atoms with van der Waals surface area (Å²) in [5, 5.41) is 9.62. The Bertz CT molecular complexity index is 704. The van der Waals surface area contributed by atoms with Crippen LogP contribution in [-0.2, 0) is 25.7 Å². The van der Waals surface area contributed by atoms with E-state index in [0.717, 1.165) is 5.56 Å². The van der Waals surface area contributed by atoms with Gasteiger partial charge in [0.15, 0.2) is 0 Å². The van der Waals surface area contributed by atoms with Crippen molar-refractivity contribution in [1.82, 2.24) is 9.80 Å². The van der Waals surface area contributed by atoms with E-state index < -0.39 is 30.1 Å². The smallest absolute Gasteiger partial charge is 0.329 e. The molecule has 1 aromatic carbocycles. The Kier molecular flexibility index (Phi) is 8.20. The van der Waals surface area contributed by atoms with E-state index in [1.54, 1.807) is 7.05 Å². The molecule has 1 aromatic rings. The van der Waals surface area contributed by atoms with E-state index in [0.29, 0.717) is 25.8 Å². The highest BCUT2D eigenvalue weighted by atomic mass is 16.5. The molecule has 1 aliphatic rings. The Labute approximate surface area is 172 Å². The monoisotopic (exact) mass is 404 g/mol. The number of carbonyl (C=O) groups is 3. The number of rotatable bonds is 8. The fourth-order valence-electron chi connectivity index (χ4n) is 3.60. The van der Waals surface area contributed by atoms with Gasteiger partial charge < -0.3 is 19.6 Å². The second-order valence-electron chi connectivity index (χ2n) is 8.05. The molecule has 3 atom stereocenters. The zero-order valence-corrected chi connectivity index (χ0v) is 17.7. The highest BCUT2D eigenvalue weighted by Gasteiger charge is 2.40. The van der Waals surface area contributed by atoms with Crippen molar-refractivity contribution in [3.8, 4) is 0 Å². The summed E-state index contributed by atoms with van der Waals surface area (Å²) in [4.78, 5) is 41.0. The number of nitrogens with zero attached hydrogens (tertiary/aromatic N) is 2. The van der Waals surface area contributed by atoms with Crippen LogP contribution in [0.5, 0.6) is 0 Å². The van der Waals surface area contributed by atoms with Gasteiger partial charge in [-0.05, 0) is 37.7 Å². The number of carbonyl (C=O) groups excluding carboxylic acids is 3. The van der Waals surface area contributed by atoms with Crippen LogP contribution in [0, 0.1) is 5.92 Å². The van der Waals surface area contributed by atoms with Crippen LogP contribution in [-0.4, -0.2) is 64.5 Å². The number of likely N-dealkylation sites (N-methyl/N-ethyl adjacent to an activating group) is 1. The minimum atomic E-state index is -1.16. The lowest BCUT2D eigenvalue weighted by Gasteiger charge is -2.33. The molecule has 2 amide bonds.